The van der Waals surface area contributed by atoms with Crippen LogP contribution in [0.1, 0.15) is 349 Å². The quantitative estimate of drug-likeness (QED) is 0.0327. The van der Waals surface area contributed by atoms with E-state index >= 15 is 0 Å². The van der Waals surface area contributed by atoms with E-state index < -0.39 is 25.9 Å². The fraction of sp³-hybridized carbons (Fsp3) is 0.899. The van der Waals surface area contributed by atoms with E-state index in [1.54, 1.807) is 0 Å². The number of unbranched alkanes of at least 4 members (excludes halogenated alkanes) is 12. The van der Waals surface area contributed by atoms with E-state index in [0.29, 0.717) is 30.7 Å². The molecule has 0 heterocycles. The van der Waals surface area contributed by atoms with Crippen molar-refractivity contribution >= 4 is 45.1 Å². The highest BCUT2D eigenvalue weighted by atomic mass is 31.2. The Balaban J connectivity index is -0.000000125. The molecule has 86 heavy (non-hydrogen) atoms. The maximum Gasteiger partial charge on any atom is 0.373 e. The molecule has 0 aromatic carbocycles. The molecule has 0 aliphatic heterocycles. The van der Waals surface area contributed by atoms with Gasteiger partial charge in [-0.05, 0) is 103 Å². The highest BCUT2D eigenvalue weighted by Gasteiger charge is 2.37. The van der Waals surface area contributed by atoms with Gasteiger partial charge < -0.3 is 24.1 Å². The molecule has 1 unspecified atom stereocenters. The second-order valence-corrected chi connectivity index (χ2v) is 24.4. The first-order valence-electron chi connectivity index (χ1n) is 33.6. The van der Waals surface area contributed by atoms with Crippen LogP contribution in [0.15, 0.2) is 0 Å². The van der Waals surface area contributed by atoms with E-state index in [2.05, 4.69) is 134 Å². The van der Waals surface area contributed by atoms with Crippen molar-refractivity contribution in [3.8, 4) is 0 Å². The van der Waals surface area contributed by atoms with Gasteiger partial charge in [0.15, 0.2) is 0 Å². The van der Waals surface area contributed by atoms with Crippen LogP contribution in [0.25, 0.3) is 4.85 Å². The van der Waals surface area contributed by atoms with Crippen molar-refractivity contribution in [2.75, 3.05) is 19.8 Å². The molecular weight excluding hydrogens is 1110 g/mol. The molecule has 0 fully saturated rings. The number of carboxylic acids is 2. The van der Waals surface area contributed by atoms with Crippen molar-refractivity contribution < 1.29 is 67.2 Å². The van der Waals surface area contributed by atoms with Gasteiger partial charge in [0.2, 0.25) is 6.54 Å². The number of aliphatic carboxylic acids is 2. The highest BCUT2D eigenvalue weighted by molar-refractivity contribution is 7.44. The molecule has 1 atom stereocenters. The Bertz CT molecular complexity index is 1460. The van der Waals surface area contributed by atoms with E-state index in [-0.39, 0.29) is 35.9 Å². The SMILES string of the molecule is CCCCC.CCCCC(CC)(CC)CCCC.CCCCC(CCCC)(CCCC)C(=O)O.CCCCC(CCCC)C(=O)O.O=C=O.O=C=O.O=C=O.O=C=O.[C-]#[N+]CCOP(OCC(CCCC)(CCCC)CCCC)N(C(C)C)C(C)C. The maximum absolute atomic E-state index is 11.5. The predicted molar refractivity (Wildman–Crippen MR) is 350 cm³/mol. The fourth-order valence-electron chi connectivity index (χ4n) is 9.82. The number of carboxylic acid groups (broad SMARTS) is 2. The largest absolute Gasteiger partial charge is 0.481 e. The lowest BCUT2D eigenvalue weighted by Crippen LogP contribution is -2.35. The topological polar surface area (TPSA) is 237 Å². The monoisotopic (exact) mass is 1250 g/mol. The van der Waals surface area contributed by atoms with Crippen molar-refractivity contribution in [3.63, 3.8) is 0 Å². The Morgan fingerprint density at radius 2 is 0.709 bits per heavy atom. The molecule has 0 bridgehead atoms. The molecule has 0 aromatic rings. The fourth-order valence-corrected chi connectivity index (χ4v) is 11.5. The molecule has 0 spiro atoms. The lowest BCUT2D eigenvalue weighted by Gasteiger charge is -2.39. The van der Waals surface area contributed by atoms with Gasteiger partial charge in [-0.1, -0.05) is 257 Å². The Morgan fingerprint density at radius 3 is 0.919 bits per heavy atom. The minimum Gasteiger partial charge on any atom is -0.481 e. The first-order chi connectivity index (χ1) is 41.0. The number of nitrogens with zero attached hydrogens (tertiary/aromatic N) is 2. The van der Waals surface area contributed by atoms with Crippen LogP contribution in [-0.4, -0.2) is 83.3 Å². The molecule has 16 nitrogen and oxygen atoms in total. The average molecular weight is 1250 g/mol. The molecular formula is C69H135N2O14P. The minimum atomic E-state index is -1.13. The van der Waals surface area contributed by atoms with Crippen molar-refractivity contribution in [3.05, 3.63) is 11.4 Å². The van der Waals surface area contributed by atoms with Gasteiger partial charge in [0.05, 0.1) is 17.9 Å². The van der Waals surface area contributed by atoms with Gasteiger partial charge in [-0.25, -0.2) is 11.2 Å². The van der Waals surface area contributed by atoms with E-state index in [1.807, 2.05) is 0 Å². The second kappa shape index (κ2) is 81.3. The van der Waals surface area contributed by atoms with Crippen LogP contribution in [0.5, 0.6) is 0 Å². The molecule has 0 amide bonds. The molecule has 0 radical (unpaired) electrons. The van der Waals surface area contributed by atoms with Gasteiger partial charge in [0.25, 0.3) is 8.53 Å². The third-order valence-corrected chi connectivity index (χ3v) is 17.3. The summed E-state index contributed by atoms with van der Waals surface area (Å²) >= 11 is 0. The highest BCUT2D eigenvalue weighted by Crippen LogP contribution is 2.49. The number of hydrogen-bond donors (Lipinski definition) is 2. The van der Waals surface area contributed by atoms with Gasteiger partial charge in [0.1, 0.15) is 6.61 Å². The van der Waals surface area contributed by atoms with Crippen LogP contribution in [0.3, 0.4) is 0 Å². The van der Waals surface area contributed by atoms with E-state index in [0.717, 1.165) is 103 Å². The summed E-state index contributed by atoms with van der Waals surface area (Å²) in [4.78, 5) is 90.7. The summed E-state index contributed by atoms with van der Waals surface area (Å²) in [5, 5.41) is 18.3. The average Bonchev–Trinajstić information content (AvgIpc) is 3.70. The van der Waals surface area contributed by atoms with Gasteiger partial charge in [-0.3, -0.25) is 9.59 Å². The van der Waals surface area contributed by atoms with Crippen LogP contribution < -0.4 is 0 Å². The van der Waals surface area contributed by atoms with E-state index in [4.69, 9.17) is 59.1 Å². The zero-order valence-corrected chi connectivity index (χ0v) is 59.6. The minimum absolute atomic E-state index is 0.0927. The summed E-state index contributed by atoms with van der Waals surface area (Å²) in [6.07, 6.45) is 42.5. The van der Waals surface area contributed by atoms with Crippen LogP contribution in [0, 0.1) is 28.7 Å². The summed E-state index contributed by atoms with van der Waals surface area (Å²) in [7, 11) is -1.13. The molecule has 0 aromatic heterocycles. The maximum atomic E-state index is 11.5. The first kappa shape index (κ1) is 101. The molecule has 0 saturated carbocycles. The van der Waals surface area contributed by atoms with Crippen LogP contribution in [0.2, 0.25) is 0 Å². The smallest absolute Gasteiger partial charge is 0.373 e. The summed E-state index contributed by atoms with van der Waals surface area (Å²) in [5.41, 5.74) is 0.527. The molecule has 0 rings (SSSR count). The summed E-state index contributed by atoms with van der Waals surface area (Å²) in [5.74, 6) is -1.27. The summed E-state index contributed by atoms with van der Waals surface area (Å²) in [6.45, 7) is 48.7. The molecule has 510 valence electrons. The number of hydrogen-bond acceptors (Lipinski definition) is 13. The Labute approximate surface area is 529 Å². The van der Waals surface area contributed by atoms with Gasteiger partial charge >= 0.3 is 36.5 Å². The summed E-state index contributed by atoms with van der Waals surface area (Å²) in [6, 6.07) is 0.714. The van der Waals surface area contributed by atoms with Crippen LogP contribution in [-0.2, 0) is 57.0 Å². The van der Waals surface area contributed by atoms with Crippen LogP contribution >= 0.6 is 8.53 Å². The zero-order valence-electron chi connectivity index (χ0n) is 58.7. The summed E-state index contributed by atoms with van der Waals surface area (Å²) < 4.78 is 15.1. The molecule has 17 heteroatoms. The number of rotatable bonds is 45. The molecule has 0 saturated heterocycles. The van der Waals surface area contributed by atoms with Crippen molar-refractivity contribution in [2.45, 2.75) is 361 Å². The predicted octanol–water partition coefficient (Wildman–Crippen LogP) is 20.6. The Hall–Kier alpha value is -3.74. The third kappa shape index (κ3) is 69.4. The lowest BCUT2D eigenvalue weighted by atomic mass is 9.74. The van der Waals surface area contributed by atoms with E-state index in [1.165, 1.54) is 128 Å². The number of carbonyl (C=O) groups excluding carboxylic acids is 8. The van der Waals surface area contributed by atoms with Gasteiger partial charge in [0, 0.05) is 12.1 Å². The second-order valence-electron chi connectivity index (χ2n) is 22.9. The van der Waals surface area contributed by atoms with Gasteiger partial charge in [-0.2, -0.15) is 38.4 Å². The van der Waals surface area contributed by atoms with Crippen molar-refractivity contribution in [2.24, 2.45) is 22.2 Å². The molecule has 0 aliphatic rings. The third-order valence-electron chi connectivity index (χ3n) is 15.3. The van der Waals surface area contributed by atoms with Crippen LogP contribution in [0.4, 0.5) is 0 Å². The first-order valence-corrected chi connectivity index (χ1v) is 34.8. The lowest BCUT2D eigenvalue weighted by molar-refractivity contribution is -0.193. The van der Waals surface area contributed by atoms with Crippen molar-refractivity contribution in [1.29, 1.82) is 0 Å². The number of carbonyl (C=O) groups is 2. The Morgan fingerprint density at radius 1 is 0.442 bits per heavy atom. The normalized spacial score (nSPS) is 10.7. The van der Waals surface area contributed by atoms with Crippen molar-refractivity contribution in [1.82, 2.24) is 4.67 Å². The zero-order chi connectivity index (χ0) is 68.4. The molecule has 2 N–H and O–H groups in total. The Kier molecular flexibility index (Phi) is 95.6. The van der Waals surface area contributed by atoms with E-state index in [9.17, 15) is 14.7 Å². The van der Waals surface area contributed by atoms with Gasteiger partial charge in [-0.15, -0.1) is 0 Å². The molecule has 0 aliphatic carbocycles. The standard InChI is InChI=1S/C23H47N2O2P.C14H28O2.C13H28.C10H20O2.C5H12.4CO2/c1-9-12-15-23(16-13-10-2,17-14-11-3)20-27-28(26-19-18-24-8)25(21(4)5)22(6)7;1-4-7-10-14(13(15)16,11-8-5-2)12-9-6-3;1-5-9-11-13(7-3,8-4)12-10-6-2;1-3-5-7-9(10(11)12)8-6-4-2;1-3-5-4-2;4*2-1-3/h21-22H,9-20H2,1-7H3;4-12H2,1-3H3,(H,15,16);5-12H2,1-4H3;9H,3-8H2,1-2H3,(H,11,12);3-5H2,1-2H3;;;;.